The zero-order chi connectivity index (χ0) is 26.7. The standard InChI is InChI=1S/C30H31N3O4S/c1-3-30(34)33-28-6-4-5-27(32-24-15-17-38(35,36)18-16-24)26(28)19-29(33)22-9-7-21(8-10-22)20-31-23-11-13-25(37-2)14-12-23/h3-14,19,24,31-32H,1,15-18,20H2,2H3. The van der Waals surface area contributed by atoms with Gasteiger partial charge in [0.2, 0.25) is 0 Å². The summed E-state index contributed by atoms with van der Waals surface area (Å²) in [5, 5.41) is 7.85. The van der Waals surface area contributed by atoms with Gasteiger partial charge in [0.05, 0.1) is 29.8 Å². The number of rotatable bonds is 8. The molecule has 0 bridgehead atoms. The Morgan fingerprint density at radius 3 is 2.42 bits per heavy atom. The van der Waals surface area contributed by atoms with Crippen LogP contribution < -0.4 is 15.4 Å². The molecular weight excluding hydrogens is 498 g/mol. The molecule has 0 saturated carbocycles. The zero-order valence-electron chi connectivity index (χ0n) is 21.3. The van der Waals surface area contributed by atoms with Gasteiger partial charge >= 0.3 is 0 Å². The highest BCUT2D eigenvalue weighted by atomic mass is 32.2. The first-order valence-corrected chi connectivity index (χ1v) is 14.4. The summed E-state index contributed by atoms with van der Waals surface area (Å²) in [5.74, 6) is 0.999. The fraction of sp³-hybridized carbons (Fsp3) is 0.233. The van der Waals surface area contributed by atoms with E-state index >= 15 is 0 Å². The Labute approximate surface area is 223 Å². The fourth-order valence-corrected chi connectivity index (χ4v) is 6.35. The molecule has 1 saturated heterocycles. The number of nitrogens with zero attached hydrogens (tertiary/aromatic N) is 1. The Hall–Kier alpha value is -4.04. The Morgan fingerprint density at radius 1 is 1.05 bits per heavy atom. The van der Waals surface area contributed by atoms with Crippen molar-refractivity contribution in [3.05, 3.63) is 91.0 Å². The van der Waals surface area contributed by atoms with Gasteiger partial charge in [-0.05, 0) is 72.5 Å². The van der Waals surface area contributed by atoms with Gasteiger partial charge in [0.1, 0.15) is 15.6 Å². The van der Waals surface area contributed by atoms with E-state index in [0.29, 0.717) is 19.4 Å². The van der Waals surface area contributed by atoms with Crippen LogP contribution in [0.25, 0.3) is 22.2 Å². The lowest BCUT2D eigenvalue weighted by atomic mass is 10.1. The lowest BCUT2D eigenvalue weighted by molar-refractivity contribution is 0.0976. The number of carbonyl (C=O) groups excluding carboxylic acids is 1. The Balaban J connectivity index is 1.41. The molecule has 1 fully saturated rings. The van der Waals surface area contributed by atoms with Crippen molar-refractivity contribution < 1.29 is 17.9 Å². The van der Waals surface area contributed by atoms with Crippen LogP contribution in [0.4, 0.5) is 11.4 Å². The van der Waals surface area contributed by atoms with E-state index in [1.54, 1.807) is 11.7 Å². The first kappa shape index (κ1) is 25.6. The van der Waals surface area contributed by atoms with E-state index in [0.717, 1.165) is 44.8 Å². The summed E-state index contributed by atoms with van der Waals surface area (Å²) >= 11 is 0. The van der Waals surface area contributed by atoms with Gasteiger partial charge in [-0.25, -0.2) is 8.42 Å². The van der Waals surface area contributed by atoms with Crippen LogP contribution in [0.5, 0.6) is 5.75 Å². The number of sulfone groups is 1. The molecule has 0 amide bonds. The van der Waals surface area contributed by atoms with Crippen LogP contribution >= 0.6 is 0 Å². The lowest BCUT2D eigenvalue weighted by Crippen LogP contribution is -2.32. The van der Waals surface area contributed by atoms with Crippen LogP contribution in [0.15, 0.2) is 85.5 Å². The topological polar surface area (TPSA) is 89.4 Å². The summed E-state index contributed by atoms with van der Waals surface area (Å²) in [6.45, 7) is 4.37. The number of nitrogens with one attached hydrogen (secondary N) is 2. The third kappa shape index (κ3) is 5.45. The summed E-state index contributed by atoms with van der Waals surface area (Å²) in [4.78, 5) is 13.0. The molecule has 2 heterocycles. The maximum atomic E-state index is 13.0. The van der Waals surface area contributed by atoms with Crippen molar-refractivity contribution in [1.82, 2.24) is 4.57 Å². The molecule has 0 radical (unpaired) electrons. The molecular formula is C30H31N3O4S. The molecule has 0 atom stereocenters. The summed E-state index contributed by atoms with van der Waals surface area (Å²) in [5.41, 5.74) is 5.48. The minimum absolute atomic E-state index is 0.0727. The predicted octanol–water partition coefficient (Wildman–Crippen LogP) is 5.74. The van der Waals surface area contributed by atoms with E-state index in [4.69, 9.17) is 4.74 Å². The average Bonchev–Trinajstić information content (AvgIpc) is 3.34. The highest BCUT2D eigenvalue weighted by Gasteiger charge is 2.24. The smallest absolute Gasteiger partial charge is 0.254 e. The summed E-state index contributed by atoms with van der Waals surface area (Å²) in [6, 6.07) is 23.8. The number of aromatic nitrogens is 1. The van der Waals surface area contributed by atoms with Gasteiger partial charge in [-0.1, -0.05) is 36.9 Å². The van der Waals surface area contributed by atoms with Crippen molar-refractivity contribution in [1.29, 1.82) is 0 Å². The molecule has 1 aliphatic rings. The largest absolute Gasteiger partial charge is 0.497 e. The molecule has 8 heteroatoms. The Kier molecular flexibility index (Phi) is 7.24. The number of anilines is 2. The van der Waals surface area contributed by atoms with E-state index in [-0.39, 0.29) is 23.5 Å². The summed E-state index contributed by atoms with van der Waals surface area (Å²) in [6.07, 6.45) is 2.47. The predicted molar refractivity (Wildman–Crippen MR) is 154 cm³/mol. The normalized spacial score (nSPS) is 15.2. The fourth-order valence-electron chi connectivity index (χ4n) is 4.86. The molecule has 1 aromatic heterocycles. The van der Waals surface area contributed by atoms with Gasteiger partial charge in [-0.2, -0.15) is 0 Å². The van der Waals surface area contributed by atoms with Gasteiger partial charge in [-0.15, -0.1) is 0 Å². The van der Waals surface area contributed by atoms with E-state index in [9.17, 15) is 13.2 Å². The molecule has 0 unspecified atom stereocenters. The zero-order valence-corrected chi connectivity index (χ0v) is 22.1. The second-order valence-electron chi connectivity index (χ2n) is 9.50. The summed E-state index contributed by atoms with van der Waals surface area (Å²) < 4.78 is 30.6. The number of carbonyl (C=O) groups is 1. The minimum atomic E-state index is -2.94. The van der Waals surface area contributed by atoms with Crippen LogP contribution in [0.2, 0.25) is 0 Å². The maximum absolute atomic E-state index is 13.0. The molecule has 1 aliphatic heterocycles. The van der Waals surface area contributed by atoms with Crippen LogP contribution in [0.1, 0.15) is 23.2 Å². The van der Waals surface area contributed by atoms with Crippen molar-refractivity contribution >= 4 is 38.0 Å². The maximum Gasteiger partial charge on any atom is 0.254 e. The van der Waals surface area contributed by atoms with Crippen molar-refractivity contribution in [3.8, 4) is 17.0 Å². The van der Waals surface area contributed by atoms with E-state index in [1.165, 1.54) is 6.08 Å². The number of allylic oxidation sites excluding steroid dienone is 1. The molecule has 4 aromatic rings. The van der Waals surface area contributed by atoms with Crippen molar-refractivity contribution in [2.75, 3.05) is 29.2 Å². The van der Waals surface area contributed by atoms with Crippen LogP contribution in [-0.2, 0) is 16.4 Å². The van der Waals surface area contributed by atoms with Gasteiger partial charge < -0.3 is 15.4 Å². The quantitative estimate of drug-likeness (QED) is 0.283. The van der Waals surface area contributed by atoms with E-state index in [2.05, 4.69) is 17.2 Å². The number of hydrogen-bond donors (Lipinski definition) is 2. The van der Waals surface area contributed by atoms with Crippen molar-refractivity contribution in [3.63, 3.8) is 0 Å². The molecule has 5 rings (SSSR count). The van der Waals surface area contributed by atoms with Crippen molar-refractivity contribution in [2.45, 2.75) is 25.4 Å². The van der Waals surface area contributed by atoms with E-state index in [1.807, 2.05) is 72.8 Å². The van der Waals surface area contributed by atoms with E-state index < -0.39 is 9.84 Å². The number of methoxy groups -OCH3 is 1. The second kappa shape index (κ2) is 10.8. The lowest BCUT2D eigenvalue weighted by Gasteiger charge is -2.24. The third-order valence-electron chi connectivity index (χ3n) is 6.99. The molecule has 3 aromatic carbocycles. The van der Waals surface area contributed by atoms with Gasteiger partial charge in [-0.3, -0.25) is 9.36 Å². The molecule has 38 heavy (non-hydrogen) atoms. The molecule has 2 N–H and O–H groups in total. The first-order valence-electron chi connectivity index (χ1n) is 12.6. The number of benzene rings is 3. The first-order chi connectivity index (χ1) is 18.4. The number of ether oxygens (including phenoxy) is 1. The van der Waals surface area contributed by atoms with Crippen LogP contribution in [0.3, 0.4) is 0 Å². The minimum Gasteiger partial charge on any atom is -0.497 e. The van der Waals surface area contributed by atoms with Gasteiger partial charge in [0.25, 0.3) is 5.91 Å². The molecule has 0 spiro atoms. The molecule has 196 valence electrons. The Bertz CT molecular complexity index is 1560. The van der Waals surface area contributed by atoms with Gasteiger partial charge in [0.15, 0.2) is 0 Å². The SMILES string of the molecule is C=CC(=O)n1c(-c2ccc(CNc3ccc(OC)cc3)cc2)cc2c(NC3CCS(=O)(=O)CC3)cccc21. The number of hydrogen-bond acceptors (Lipinski definition) is 6. The second-order valence-corrected chi connectivity index (χ2v) is 11.8. The van der Waals surface area contributed by atoms with Gasteiger partial charge in [0, 0.05) is 29.3 Å². The van der Waals surface area contributed by atoms with Crippen LogP contribution in [-0.4, -0.2) is 43.5 Å². The molecule has 0 aliphatic carbocycles. The third-order valence-corrected chi connectivity index (χ3v) is 8.71. The molecule has 7 nitrogen and oxygen atoms in total. The highest BCUT2D eigenvalue weighted by Crippen LogP contribution is 2.34. The summed E-state index contributed by atoms with van der Waals surface area (Å²) in [7, 11) is -1.29. The number of fused-ring (bicyclic) bond motifs is 1. The van der Waals surface area contributed by atoms with Crippen molar-refractivity contribution in [2.24, 2.45) is 0 Å². The van der Waals surface area contributed by atoms with Crippen LogP contribution in [0, 0.1) is 0 Å². The Morgan fingerprint density at radius 2 is 1.76 bits per heavy atom. The highest BCUT2D eigenvalue weighted by molar-refractivity contribution is 7.91. The monoisotopic (exact) mass is 529 g/mol. The average molecular weight is 530 g/mol.